The van der Waals surface area contributed by atoms with Gasteiger partial charge in [-0.2, -0.15) is 9.57 Å². The molecule has 2 aromatic carbocycles. The Labute approximate surface area is 172 Å². The lowest BCUT2D eigenvalue weighted by molar-refractivity contribution is -0.127. The lowest BCUT2D eigenvalue weighted by atomic mass is 10.2. The average molecular weight is 460 g/mol. The number of carbonyl (C=O) groups is 1. The standard InChI is InChI=1S/C20H18BrN3O3S/c21-18-7-3-1-5-16(18)9-10-20(25)23-11-13-24(14-12-23)28(26,27)19-8-4-2-6-17(19)15-22/h1-10H,11-14H2. The highest BCUT2D eigenvalue weighted by Crippen LogP contribution is 2.21. The lowest BCUT2D eigenvalue weighted by Gasteiger charge is -2.33. The molecule has 1 heterocycles. The summed E-state index contributed by atoms with van der Waals surface area (Å²) in [5.74, 6) is -0.162. The molecule has 0 aromatic heterocycles. The molecule has 1 amide bonds. The van der Waals surface area contributed by atoms with Crippen LogP contribution in [0.5, 0.6) is 0 Å². The summed E-state index contributed by atoms with van der Waals surface area (Å²) in [6.07, 6.45) is 3.23. The summed E-state index contributed by atoms with van der Waals surface area (Å²) in [5.41, 5.74) is 1.02. The van der Waals surface area contributed by atoms with Gasteiger partial charge >= 0.3 is 0 Å². The predicted octanol–water partition coefficient (Wildman–Crippen LogP) is 2.87. The Morgan fingerprint density at radius 2 is 1.68 bits per heavy atom. The molecule has 0 unspecified atom stereocenters. The number of rotatable bonds is 4. The Balaban J connectivity index is 1.66. The SMILES string of the molecule is N#Cc1ccccc1S(=O)(=O)N1CCN(C(=O)C=Cc2ccccc2Br)CC1. The summed E-state index contributed by atoms with van der Waals surface area (Å²) in [4.78, 5) is 14.0. The molecule has 144 valence electrons. The molecule has 28 heavy (non-hydrogen) atoms. The molecular formula is C20H18BrN3O3S. The fourth-order valence-corrected chi connectivity index (χ4v) is 4.93. The molecule has 0 N–H and O–H groups in total. The maximum Gasteiger partial charge on any atom is 0.246 e. The van der Waals surface area contributed by atoms with Crippen LogP contribution >= 0.6 is 15.9 Å². The zero-order chi connectivity index (χ0) is 20.1. The van der Waals surface area contributed by atoms with Crippen molar-refractivity contribution >= 4 is 37.9 Å². The van der Waals surface area contributed by atoms with E-state index in [2.05, 4.69) is 15.9 Å². The van der Waals surface area contributed by atoms with Crippen molar-refractivity contribution in [3.8, 4) is 6.07 Å². The molecule has 0 aliphatic carbocycles. The summed E-state index contributed by atoms with van der Waals surface area (Å²) in [6.45, 7) is 0.980. The van der Waals surface area contributed by atoms with Gasteiger partial charge < -0.3 is 4.90 Å². The Morgan fingerprint density at radius 3 is 2.36 bits per heavy atom. The van der Waals surface area contributed by atoms with Crippen molar-refractivity contribution in [2.75, 3.05) is 26.2 Å². The van der Waals surface area contributed by atoms with Crippen molar-refractivity contribution in [1.29, 1.82) is 5.26 Å². The van der Waals surface area contributed by atoms with Crippen molar-refractivity contribution in [1.82, 2.24) is 9.21 Å². The molecule has 0 spiro atoms. The molecule has 0 saturated carbocycles. The van der Waals surface area contributed by atoms with E-state index in [0.29, 0.717) is 13.1 Å². The van der Waals surface area contributed by atoms with Crippen LogP contribution in [0.2, 0.25) is 0 Å². The number of halogens is 1. The minimum absolute atomic E-state index is 0.00565. The van der Waals surface area contributed by atoms with Crippen LogP contribution < -0.4 is 0 Å². The zero-order valence-corrected chi connectivity index (χ0v) is 17.4. The third-order valence-electron chi connectivity index (χ3n) is 4.49. The average Bonchev–Trinajstić information content (AvgIpc) is 2.73. The lowest BCUT2D eigenvalue weighted by Crippen LogP contribution is -2.50. The van der Waals surface area contributed by atoms with Crippen molar-refractivity contribution in [3.63, 3.8) is 0 Å². The van der Waals surface area contributed by atoms with Crippen molar-refractivity contribution in [2.24, 2.45) is 0 Å². The quantitative estimate of drug-likeness (QED) is 0.658. The first-order chi connectivity index (χ1) is 13.4. The fourth-order valence-electron chi connectivity index (χ4n) is 2.95. The van der Waals surface area contributed by atoms with E-state index in [9.17, 15) is 18.5 Å². The van der Waals surface area contributed by atoms with Gasteiger partial charge in [0.15, 0.2) is 0 Å². The summed E-state index contributed by atoms with van der Waals surface area (Å²) < 4.78 is 27.9. The largest absolute Gasteiger partial charge is 0.337 e. The van der Waals surface area contributed by atoms with Gasteiger partial charge in [0, 0.05) is 36.7 Å². The molecule has 3 rings (SSSR count). The number of hydrogen-bond donors (Lipinski definition) is 0. The molecule has 1 aliphatic rings. The molecule has 0 bridgehead atoms. The molecule has 6 nitrogen and oxygen atoms in total. The fraction of sp³-hybridized carbons (Fsp3) is 0.200. The maximum absolute atomic E-state index is 12.8. The number of sulfonamides is 1. The van der Waals surface area contributed by atoms with Gasteiger partial charge in [-0.05, 0) is 29.8 Å². The Hall–Kier alpha value is -2.47. The summed E-state index contributed by atoms with van der Waals surface area (Å²) in [6, 6.07) is 15.6. The van der Waals surface area contributed by atoms with E-state index in [4.69, 9.17) is 0 Å². The second-order valence-corrected chi connectivity index (χ2v) is 8.95. The highest BCUT2D eigenvalue weighted by Gasteiger charge is 2.31. The summed E-state index contributed by atoms with van der Waals surface area (Å²) >= 11 is 3.43. The van der Waals surface area contributed by atoms with Crippen LogP contribution in [0.3, 0.4) is 0 Å². The third-order valence-corrected chi connectivity index (χ3v) is 7.17. The Bertz CT molecular complexity index is 1050. The highest BCUT2D eigenvalue weighted by atomic mass is 79.9. The second-order valence-electron chi connectivity index (χ2n) is 6.19. The van der Waals surface area contributed by atoms with E-state index in [-0.39, 0.29) is 29.5 Å². The molecular weight excluding hydrogens is 442 g/mol. The topological polar surface area (TPSA) is 81.5 Å². The Morgan fingerprint density at radius 1 is 1.04 bits per heavy atom. The summed E-state index contributed by atoms with van der Waals surface area (Å²) in [7, 11) is -3.77. The van der Waals surface area contributed by atoms with Crippen molar-refractivity contribution < 1.29 is 13.2 Å². The van der Waals surface area contributed by atoms with E-state index < -0.39 is 10.0 Å². The molecule has 1 aliphatic heterocycles. The first-order valence-corrected chi connectivity index (χ1v) is 10.9. The van der Waals surface area contributed by atoms with Gasteiger partial charge in [-0.3, -0.25) is 4.79 Å². The van der Waals surface area contributed by atoms with Crippen LogP contribution in [-0.4, -0.2) is 49.7 Å². The zero-order valence-electron chi connectivity index (χ0n) is 15.0. The van der Waals surface area contributed by atoms with Crippen LogP contribution in [0.25, 0.3) is 6.08 Å². The molecule has 1 saturated heterocycles. The second kappa shape index (κ2) is 8.69. The van der Waals surface area contributed by atoms with Gasteiger partial charge in [0.05, 0.1) is 10.5 Å². The van der Waals surface area contributed by atoms with E-state index in [1.165, 1.54) is 22.5 Å². The predicted molar refractivity (Wildman–Crippen MR) is 110 cm³/mol. The summed E-state index contributed by atoms with van der Waals surface area (Å²) in [5, 5.41) is 9.17. The van der Waals surface area contributed by atoms with Gasteiger partial charge in [-0.15, -0.1) is 0 Å². The van der Waals surface area contributed by atoms with Crippen LogP contribution in [0.4, 0.5) is 0 Å². The van der Waals surface area contributed by atoms with Gasteiger partial charge in [0.25, 0.3) is 0 Å². The Kier molecular flexibility index (Phi) is 6.29. The minimum atomic E-state index is -3.77. The van der Waals surface area contributed by atoms with Crippen LogP contribution in [0.1, 0.15) is 11.1 Å². The third kappa shape index (κ3) is 4.33. The number of carbonyl (C=O) groups excluding carboxylic acids is 1. The number of nitriles is 1. The first-order valence-electron chi connectivity index (χ1n) is 8.64. The highest BCUT2D eigenvalue weighted by molar-refractivity contribution is 9.10. The van der Waals surface area contributed by atoms with Crippen molar-refractivity contribution in [3.05, 3.63) is 70.2 Å². The first kappa shape index (κ1) is 20.3. The number of amides is 1. The normalized spacial score (nSPS) is 15.5. The molecule has 0 atom stereocenters. The van der Waals surface area contributed by atoms with Crippen molar-refractivity contribution in [2.45, 2.75) is 4.90 Å². The van der Waals surface area contributed by atoms with Gasteiger partial charge in [0.1, 0.15) is 6.07 Å². The molecule has 8 heteroatoms. The van der Waals surface area contributed by atoms with Crippen LogP contribution in [0, 0.1) is 11.3 Å². The van der Waals surface area contributed by atoms with E-state index in [0.717, 1.165) is 10.0 Å². The van der Waals surface area contributed by atoms with E-state index in [1.807, 2.05) is 30.3 Å². The molecule has 1 fully saturated rings. The minimum Gasteiger partial charge on any atom is -0.337 e. The van der Waals surface area contributed by atoms with Gasteiger partial charge in [-0.25, -0.2) is 8.42 Å². The maximum atomic E-state index is 12.8. The van der Waals surface area contributed by atoms with E-state index in [1.54, 1.807) is 23.1 Å². The number of nitrogens with zero attached hydrogens (tertiary/aromatic N) is 3. The van der Waals surface area contributed by atoms with Crippen LogP contribution in [-0.2, 0) is 14.8 Å². The van der Waals surface area contributed by atoms with Crippen LogP contribution in [0.15, 0.2) is 64.0 Å². The molecule has 2 aromatic rings. The van der Waals surface area contributed by atoms with Gasteiger partial charge in [-0.1, -0.05) is 46.3 Å². The number of piperazine rings is 1. The van der Waals surface area contributed by atoms with Gasteiger partial charge in [0.2, 0.25) is 15.9 Å². The van der Waals surface area contributed by atoms with E-state index >= 15 is 0 Å². The number of benzene rings is 2. The smallest absolute Gasteiger partial charge is 0.246 e. The number of hydrogen-bond acceptors (Lipinski definition) is 4. The molecule has 0 radical (unpaired) electrons. The monoisotopic (exact) mass is 459 g/mol.